The number of hydrogen-bond donors (Lipinski definition) is 2. The van der Waals surface area contributed by atoms with Gasteiger partial charge < -0.3 is 19.7 Å². The van der Waals surface area contributed by atoms with Crippen LogP contribution in [0.25, 0.3) is 20.2 Å². The highest BCUT2D eigenvalue weighted by atomic mass is 32.1. The minimum Gasteiger partial charge on any atom is -0.504 e. The molecule has 0 fully saturated rings. The van der Waals surface area contributed by atoms with Gasteiger partial charge in [0.15, 0.2) is 23.0 Å². The quantitative estimate of drug-likeness (QED) is 0.255. The molecular weight excluding hydrogens is 460 g/mol. The number of fused-ring (bicyclic) bond motifs is 2. The predicted octanol–water partition coefficient (Wildman–Crippen LogP) is 2.46. The molecule has 0 spiro atoms. The van der Waals surface area contributed by atoms with Gasteiger partial charge in [-0.2, -0.15) is 0 Å². The van der Waals surface area contributed by atoms with E-state index in [0.717, 1.165) is 0 Å². The van der Waals surface area contributed by atoms with Gasteiger partial charge in [0, 0.05) is 40.1 Å². The third-order valence-corrected chi connectivity index (χ3v) is 6.08. The molecule has 10 nitrogen and oxygen atoms in total. The largest absolute Gasteiger partial charge is 0.504 e. The molecule has 0 unspecified atom stereocenters. The second-order valence-corrected chi connectivity index (χ2v) is 8.95. The molecule has 2 N–H and O–H groups in total. The number of nitrogens with zero attached hydrogens (tertiary/aromatic N) is 2. The fourth-order valence-corrected chi connectivity index (χ4v) is 4.54. The molecule has 2 aromatic carbocycles. The molecular formula is C20H18N2O8S2. The number of aromatic hydroxyl groups is 2. The molecule has 0 saturated heterocycles. The molecule has 4 rings (SSSR count). The van der Waals surface area contributed by atoms with E-state index in [-0.39, 0.29) is 34.1 Å². The zero-order valence-electron chi connectivity index (χ0n) is 17.4. The van der Waals surface area contributed by atoms with E-state index in [1.807, 2.05) is 0 Å². The third-order valence-electron chi connectivity index (χ3n) is 4.13. The topological polar surface area (TPSA) is 137 Å². The summed E-state index contributed by atoms with van der Waals surface area (Å²) in [6.45, 7) is 2.47. The number of aryl methyl sites for hydroxylation is 2. The highest BCUT2D eigenvalue weighted by Crippen LogP contribution is 2.33. The second kappa shape index (κ2) is 8.85. The van der Waals surface area contributed by atoms with E-state index in [4.69, 9.17) is 19.7 Å². The molecule has 0 aliphatic carbocycles. The number of aromatic nitrogens is 2. The smallest absolute Gasteiger partial charge is 0.308 e. The fraction of sp³-hybridized carbons (Fsp3) is 0.200. The van der Waals surface area contributed by atoms with Crippen LogP contribution in [0.1, 0.15) is 13.8 Å². The van der Waals surface area contributed by atoms with Gasteiger partial charge in [0.2, 0.25) is 0 Å². The highest BCUT2D eigenvalue weighted by molar-refractivity contribution is 7.14. The normalized spacial score (nSPS) is 10.6. The molecule has 0 aliphatic rings. The molecule has 0 amide bonds. The molecule has 0 saturated carbocycles. The first-order valence-electron chi connectivity index (χ1n) is 9.00. The summed E-state index contributed by atoms with van der Waals surface area (Å²) in [4.78, 5) is 45.3. The van der Waals surface area contributed by atoms with Gasteiger partial charge in [0.05, 0.1) is 20.2 Å². The lowest BCUT2D eigenvalue weighted by molar-refractivity contribution is -0.134. The van der Waals surface area contributed by atoms with Crippen molar-refractivity contribution < 1.29 is 29.3 Å². The van der Waals surface area contributed by atoms with Crippen molar-refractivity contribution in [3.8, 4) is 23.0 Å². The van der Waals surface area contributed by atoms with Crippen molar-refractivity contribution in [2.75, 3.05) is 0 Å². The van der Waals surface area contributed by atoms with E-state index in [1.165, 1.54) is 69.1 Å². The molecule has 0 aliphatic heterocycles. The Labute approximate surface area is 188 Å². The molecule has 0 bridgehead atoms. The van der Waals surface area contributed by atoms with Gasteiger partial charge in [-0.1, -0.05) is 23.1 Å². The van der Waals surface area contributed by atoms with Crippen molar-refractivity contribution in [3.63, 3.8) is 0 Å². The van der Waals surface area contributed by atoms with Crippen molar-refractivity contribution in [3.05, 3.63) is 45.0 Å². The Morgan fingerprint density at radius 1 is 0.750 bits per heavy atom. The molecule has 12 heteroatoms. The van der Waals surface area contributed by atoms with Crippen molar-refractivity contribution in [1.82, 2.24) is 7.91 Å². The van der Waals surface area contributed by atoms with Crippen LogP contribution in [-0.2, 0) is 23.7 Å². The molecule has 2 heterocycles. The van der Waals surface area contributed by atoms with Crippen molar-refractivity contribution in [2.45, 2.75) is 13.8 Å². The first-order valence-corrected chi connectivity index (χ1v) is 10.6. The molecule has 32 heavy (non-hydrogen) atoms. The summed E-state index contributed by atoms with van der Waals surface area (Å²) >= 11 is 2.45. The van der Waals surface area contributed by atoms with E-state index in [1.54, 1.807) is 14.1 Å². The number of rotatable bonds is 2. The Morgan fingerprint density at radius 2 is 1.16 bits per heavy atom. The van der Waals surface area contributed by atoms with Crippen LogP contribution in [0.3, 0.4) is 0 Å². The van der Waals surface area contributed by atoms with Gasteiger partial charge in [-0.25, -0.2) is 0 Å². The van der Waals surface area contributed by atoms with E-state index in [2.05, 4.69) is 0 Å². The lowest BCUT2D eigenvalue weighted by Crippen LogP contribution is -2.09. The summed E-state index contributed by atoms with van der Waals surface area (Å²) in [5.41, 5.74) is -0.349. The van der Waals surface area contributed by atoms with Gasteiger partial charge >= 0.3 is 11.9 Å². The van der Waals surface area contributed by atoms with Crippen LogP contribution in [0.15, 0.2) is 33.9 Å². The minimum atomic E-state index is -0.556. The monoisotopic (exact) mass is 478 g/mol. The molecule has 0 atom stereocenters. The maximum absolute atomic E-state index is 11.8. The van der Waals surface area contributed by atoms with E-state index < -0.39 is 11.9 Å². The SMILES string of the molecule is CC(=O)Oc1cc2sn(C)c(=O)c2cc1OC(C)=O.Cn1sc2cc(O)c(O)cc2c1=O. The fourth-order valence-electron chi connectivity index (χ4n) is 2.77. The van der Waals surface area contributed by atoms with Gasteiger partial charge in [0.1, 0.15) is 0 Å². The minimum absolute atomic E-state index is 0.0608. The molecule has 168 valence electrons. The summed E-state index contributed by atoms with van der Waals surface area (Å²) in [5.74, 6) is -1.36. The van der Waals surface area contributed by atoms with Crippen LogP contribution in [0.4, 0.5) is 0 Å². The van der Waals surface area contributed by atoms with E-state index in [9.17, 15) is 19.2 Å². The standard InChI is InChI=1S/C12H11NO5S.C8H7NO3S/c1-6(14)17-9-4-8-11(19-13(3)12(8)16)5-10(9)18-7(2)15;1-9-8(12)4-2-5(10)6(11)3-7(4)13-9/h4-5H,1-3H3;2-3,10-11H,1H3. The van der Waals surface area contributed by atoms with Crippen LogP contribution >= 0.6 is 23.1 Å². The van der Waals surface area contributed by atoms with Crippen LogP contribution in [-0.4, -0.2) is 30.1 Å². The Hall–Kier alpha value is -3.64. The lowest BCUT2D eigenvalue weighted by Gasteiger charge is -2.07. The average Bonchev–Trinajstić information content (AvgIpc) is 3.12. The number of carbonyl (C=O) groups is 2. The number of benzene rings is 2. The second-order valence-electron chi connectivity index (χ2n) is 6.61. The van der Waals surface area contributed by atoms with Gasteiger partial charge in [-0.15, -0.1) is 0 Å². The third kappa shape index (κ3) is 4.65. The van der Waals surface area contributed by atoms with Crippen molar-refractivity contribution in [1.29, 1.82) is 0 Å². The Kier molecular flexibility index (Phi) is 6.37. The number of carbonyl (C=O) groups excluding carboxylic acids is 2. The molecule has 0 radical (unpaired) electrons. The van der Waals surface area contributed by atoms with Gasteiger partial charge in [-0.3, -0.25) is 27.1 Å². The lowest BCUT2D eigenvalue weighted by atomic mass is 10.2. The van der Waals surface area contributed by atoms with Crippen molar-refractivity contribution in [2.24, 2.45) is 14.1 Å². The number of phenolic OH excluding ortho intramolecular Hbond substituents is 2. The molecule has 4 aromatic rings. The summed E-state index contributed by atoms with van der Waals surface area (Å²) in [6, 6.07) is 5.59. The van der Waals surface area contributed by atoms with Gasteiger partial charge in [-0.05, 0) is 12.1 Å². The Morgan fingerprint density at radius 3 is 1.66 bits per heavy atom. The van der Waals surface area contributed by atoms with Crippen LogP contribution in [0, 0.1) is 0 Å². The first-order chi connectivity index (χ1) is 15.0. The van der Waals surface area contributed by atoms with Crippen LogP contribution in [0.5, 0.6) is 23.0 Å². The Bertz CT molecular complexity index is 1480. The predicted molar refractivity (Wildman–Crippen MR) is 120 cm³/mol. The number of phenols is 2. The summed E-state index contributed by atoms with van der Waals surface area (Å²) in [7, 11) is 3.27. The van der Waals surface area contributed by atoms with Crippen molar-refractivity contribution >= 4 is 55.2 Å². The Balaban J connectivity index is 0.000000193. The number of esters is 2. The van der Waals surface area contributed by atoms with Crippen LogP contribution in [0.2, 0.25) is 0 Å². The first kappa shape index (κ1) is 23.0. The summed E-state index contributed by atoms with van der Waals surface area (Å²) < 4.78 is 14.2. The van der Waals surface area contributed by atoms with E-state index >= 15 is 0 Å². The summed E-state index contributed by atoms with van der Waals surface area (Å²) in [6.07, 6.45) is 0. The summed E-state index contributed by atoms with van der Waals surface area (Å²) in [5, 5.41) is 19.2. The highest BCUT2D eigenvalue weighted by Gasteiger charge is 2.15. The zero-order chi connectivity index (χ0) is 23.7. The van der Waals surface area contributed by atoms with Crippen LogP contribution < -0.4 is 20.6 Å². The molecule has 2 aromatic heterocycles. The maximum atomic E-state index is 11.8. The number of ether oxygens (including phenoxy) is 2. The average molecular weight is 479 g/mol. The van der Waals surface area contributed by atoms with E-state index in [0.29, 0.717) is 20.2 Å². The maximum Gasteiger partial charge on any atom is 0.308 e. The number of hydrogen-bond acceptors (Lipinski definition) is 10. The van der Waals surface area contributed by atoms with Gasteiger partial charge in [0.25, 0.3) is 11.1 Å². The zero-order valence-corrected chi connectivity index (χ0v) is 19.0.